The predicted molar refractivity (Wildman–Crippen MR) is 81.7 cm³/mol. The maximum atomic E-state index is 12.8. The highest BCUT2D eigenvalue weighted by Gasteiger charge is 2.12. The highest BCUT2D eigenvalue weighted by molar-refractivity contribution is 7.99. The molecule has 1 aromatic carbocycles. The molecule has 1 heterocycles. The van der Waals surface area contributed by atoms with Crippen molar-refractivity contribution in [3.05, 3.63) is 53.7 Å². The molecule has 2 rings (SSSR count). The van der Waals surface area contributed by atoms with E-state index in [0.717, 1.165) is 16.4 Å². The third kappa shape index (κ3) is 4.93. The van der Waals surface area contributed by atoms with Crippen molar-refractivity contribution < 1.29 is 13.6 Å². The standard InChI is InChI=1S/C16H18FNO2S/c1-11-3-8-15(20-11)12(2)18-16(19)9-10-21-14-6-4-13(17)5-7-14/h3-8,12H,9-10H2,1-2H3,(H,18,19). The summed E-state index contributed by atoms with van der Waals surface area (Å²) in [7, 11) is 0. The van der Waals surface area contributed by atoms with E-state index in [-0.39, 0.29) is 17.8 Å². The number of hydrogen-bond acceptors (Lipinski definition) is 3. The van der Waals surface area contributed by atoms with Crippen LogP contribution in [0.3, 0.4) is 0 Å². The Labute approximate surface area is 127 Å². The van der Waals surface area contributed by atoms with Gasteiger partial charge in [-0.1, -0.05) is 0 Å². The fourth-order valence-electron chi connectivity index (χ4n) is 1.86. The second-order valence-electron chi connectivity index (χ2n) is 4.79. The molecule has 112 valence electrons. The summed E-state index contributed by atoms with van der Waals surface area (Å²) in [5.74, 6) is 1.97. The zero-order valence-corrected chi connectivity index (χ0v) is 12.9. The van der Waals surface area contributed by atoms with Crippen LogP contribution >= 0.6 is 11.8 Å². The molecule has 2 aromatic rings. The van der Waals surface area contributed by atoms with Gasteiger partial charge in [-0.25, -0.2) is 4.39 Å². The summed E-state index contributed by atoms with van der Waals surface area (Å²) in [6.07, 6.45) is 0.409. The number of nitrogens with one attached hydrogen (secondary N) is 1. The van der Waals surface area contributed by atoms with Gasteiger partial charge in [0.1, 0.15) is 17.3 Å². The van der Waals surface area contributed by atoms with Gasteiger partial charge in [0.05, 0.1) is 6.04 Å². The summed E-state index contributed by atoms with van der Waals surface area (Å²) in [6, 6.07) is 9.88. The van der Waals surface area contributed by atoms with Gasteiger partial charge in [0.25, 0.3) is 0 Å². The third-order valence-electron chi connectivity index (χ3n) is 2.98. The molecule has 0 aliphatic rings. The van der Waals surface area contributed by atoms with Crippen LogP contribution in [0, 0.1) is 12.7 Å². The molecule has 21 heavy (non-hydrogen) atoms. The first-order valence-corrected chi connectivity index (χ1v) is 7.77. The lowest BCUT2D eigenvalue weighted by molar-refractivity contribution is -0.121. The van der Waals surface area contributed by atoms with Crippen LogP contribution in [0.2, 0.25) is 0 Å². The van der Waals surface area contributed by atoms with Crippen LogP contribution in [0.4, 0.5) is 4.39 Å². The highest BCUT2D eigenvalue weighted by Crippen LogP contribution is 2.19. The van der Waals surface area contributed by atoms with Crippen molar-refractivity contribution >= 4 is 17.7 Å². The lowest BCUT2D eigenvalue weighted by Gasteiger charge is -2.11. The van der Waals surface area contributed by atoms with Gasteiger partial charge >= 0.3 is 0 Å². The fraction of sp³-hybridized carbons (Fsp3) is 0.312. The largest absolute Gasteiger partial charge is 0.464 e. The van der Waals surface area contributed by atoms with Crippen LogP contribution in [0.15, 0.2) is 45.7 Å². The molecule has 0 aliphatic carbocycles. The van der Waals surface area contributed by atoms with Crippen LogP contribution in [-0.4, -0.2) is 11.7 Å². The molecular weight excluding hydrogens is 289 g/mol. The zero-order valence-electron chi connectivity index (χ0n) is 12.1. The molecule has 5 heteroatoms. The molecule has 0 aliphatic heterocycles. The van der Waals surface area contributed by atoms with Gasteiger partial charge in [-0.2, -0.15) is 0 Å². The number of hydrogen-bond donors (Lipinski definition) is 1. The number of amides is 1. The van der Waals surface area contributed by atoms with E-state index in [4.69, 9.17) is 4.42 Å². The lowest BCUT2D eigenvalue weighted by Crippen LogP contribution is -2.26. The molecule has 1 N–H and O–H groups in total. The van der Waals surface area contributed by atoms with Crippen molar-refractivity contribution in [2.75, 3.05) is 5.75 Å². The molecular formula is C16H18FNO2S. The van der Waals surface area contributed by atoms with Crippen LogP contribution in [-0.2, 0) is 4.79 Å². The molecule has 0 saturated heterocycles. The molecule has 1 unspecified atom stereocenters. The first-order valence-electron chi connectivity index (χ1n) is 6.78. The van der Waals surface area contributed by atoms with E-state index in [1.807, 2.05) is 26.0 Å². The number of rotatable bonds is 6. The fourth-order valence-corrected chi connectivity index (χ4v) is 2.72. The average molecular weight is 307 g/mol. The van der Waals surface area contributed by atoms with E-state index in [9.17, 15) is 9.18 Å². The summed E-state index contributed by atoms with van der Waals surface area (Å²) in [4.78, 5) is 12.8. The Morgan fingerprint density at radius 2 is 2.00 bits per heavy atom. The van der Waals surface area contributed by atoms with Gasteiger partial charge in [0.2, 0.25) is 5.91 Å². The molecule has 3 nitrogen and oxygen atoms in total. The van der Waals surface area contributed by atoms with Crippen LogP contribution in [0.5, 0.6) is 0 Å². The Hall–Kier alpha value is -1.75. The van der Waals surface area contributed by atoms with E-state index in [1.165, 1.54) is 23.9 Å². The van der Waals surface area contributed by atoms with Gasteiger partial charge in [-0.05, 0) is 50.2 Å². The first kappa shape index (κ1) is 15.6. The van der Waals surface area contributed by atoms with Crippen molar-refractivity contribution in [1.82, 2.24) is 5.32 Å². The third-order valence-corrected chi connectivity index (χ3v) is 3.99. The Kier molecular flexibility index (Phi) is 5.44. The quantitative estimate of drug-likeness (QED) is 0.817. The average Bonchev–Trinajstić information content (AvgIpc) is 2.88. The number of aryl methyl sites for hydroxylation is 1. The van der Waals surface area contributed by atoms with Crippen LogP contribution in [0.25, 0.3) is 0 Å². The molecule has 1 amide bonds. The molecule has 0 spiro atoms. The summed E-state index contributed by atoms with van der Waals surface area (Å²) in [5, 5.41) is 2.90. The van der Waals surface area contributed by atoms with E-state index in [1.54, 1.807) is 12.1 Å². The van der Waals surface area contributed by atoms with Gasteiger partial charge in [-0.15, -0.1) is 11.8 Å². The summed E-state index contributed by atoms with van der Waals surface area (Å²) in [6.45, 7) is 3.76. The second-order valence-corrected chi connectivity index (χ2v) is 5.96. The minimum Gasteiger partial charge on any atom is -0.464 e. The van der Waals surface area contributed by atoms with Gasteiger partial charge < -0.3 is 9.73 Å². The van der Waals surface area contributed by atoms with Gasteiger partial charge in [0.15, 0.2) is 0 Å². The number of furan rings is 1. The second kappa shape index (κ2) is 7.31. The number of halogens is 1. The molecule has 1 aromatic heterocycles. The highest BCUT2D eigenvalue weighted by atomic mass is 32.2. The number of carbonyl (C=O) groups is 1. The number of thioether (sulfide) groups is 1. The smallest absolute Gasteiger partial charge is 0.221 e. The first-order chi connectivity index (χ1) is 10.0. The predicted octanol–water partition coefficient (Wildman–Crippen LogP) is 4.09. The Bertz CT molecular complexity index is 595. The SMILES string of the molecule is Cc1ccc(C(C)NC(=O)CCSc2ccc(F)cc2)o1. The monoisotopic (exact) mass is 307 g/mol. The van der Waals surface area contributed by atoms with E-state index >= 15 is 0 Å². The Balaban J connectivity index is 1.73. The minimum atomic E-state index is -0.250. The molecule has 0 fully saturated rings. The van der Waals surface area contributed by atoms with Crippen LogP contribution < -0.4 is 5.32 Å². The minimum absolute atomic E-state index is 0.0221. The summed E-state index contributed by atoms with van der Waals surface area (Å²) < 4.78 is 18.2. The van der Waals surface area contributed by atoms with Gasteiger partial charge in [0, 0.05) is 17.1 Å². The molecule has 1 atom stereocenters. The van der Waals surface area contributed by atoms with Crippen molar-refractivity contribution in [1.29, 1.82) is 0 Å². The van der Waals surface area contributed by atoms with Crippen molar-refractivity contribution in [3.63, 3.8) is 0 Å². The molecule has 0 radical (unpaired) electrons. The van der Waals surface area contributed by atoms with Gasteiger partial charge in [-0.3, -0.25) is 4.79 Å². The van der Waals surface area contributed by atoms with E-state index < -0.39 is 0 Å². The van der Waals surface area contributed by atoms with Crippen molar-refractivity contribution in [3.8, 4) is 0 Å². The maximum absolute atomic E-state index is 12.8. The Morgan fingerprint density at radius 1 is 1.29 bits per heavy atom. The van der Waals surface area contributed by atoms with Crippen molar-refractivity contribution in [2.45, 2.75) is 31.2 Å². The Morgan fingerprint density at radius 3 is 2.62 bits per heavy atom. The van der Waals surface area contributed by atoms with Crippen LogP contribution in [0.1, 0.15) is 30.9 Å². The summed E-state index contributed by atoms with van der Waals surface area (Å²) in [5.41, 5.74) is 0. The van der Waals surface area contributed by atoms with E-state index in [2.05, 4.69) is 5.32 Å². The lowest BCUT2D eigenvalue weighted by atomic mass is 10.2. The molecule has 0 saturated carbocycles. The van der Waals surface area contributed by atoms with E-state index in [0.29, 0.717) is 12.2 Å². The number of carbonyl (C=O) groups excluding carboxylic acids is 1. The maximum Gasteiger partial charge on any atom is 0.221 e. The topological polar surface area (TPSA) is 42.2 Å². The summed E-state index contributed by atoms with van der Waals surface area (Å²) >= 11 is 1.53. The normalized spacial score (nSPS) is 12.1. The van der Waals surface area contributed by atoms with Crippen molar-refractivity contribution in [2.24, 2.45) is 0 Å². The zero-order chi connectivity index (χ0) is 15.2. The number of benzene rings is 1. The molecule has 0 bridgehead atoms.